The zero-order chi connectivity index (χ0) is 19.9. The van der Waals surface area contributed by atoms with Crippen LogP contribution in [0, 0.1) is 0 Å². The quantitative estimate of drug-likeness (QED) is 0.537. The zero-order valence-electron chi connectivity index (χ0n) is 15.4. The molecule has 2 N–H and O–H groups in total. The highest BCUT2D eigenvalue weighted by Gasteiger charge is 2.32. The molecule has 1 heterocycles. The molecule has 2 atom stereocenters. The van der Waals surface area contributed by atoms with Crippen molar-refractivity contribution in [2.75, 3.05) is 25.6 Å². The van der Waals surface area contributed by atoms with E-state index >= 15 is 0 Å². The number of aliphatic carboxylic acids is 1. The van der Waals surface area contributed by atoms with Gasteiger partial charge in [-0.25, -0.2) is 0 Å². The maximum atomic E-state index is 11.2. The van der Waals surface area contributed by atoms with Gasteiger partial charge in [0.2, 0.25) is 0 Å². The lowest BCUT2D eigenvalue weighted by Gasteiger charge is -2.18. The second-order valence-electron chi connectivity index (χ2n) is 6.03. The largest absolute Gasteiger partial charge is 0.490 e. The van der Waals surface area contributed by atoms with E-state index in [9.17, 15) is 9.90 Å². The van der Waals surface area contributed by atoms with Gasteiger partial charge in [-0.3, -0.25) is 10.1 Å². The lowest BCUT2D eigenvalue weighted by molar-refractivity contribution is -0.138. The molecule has 2 aromatic rings. The molecular formula is C20H22BrNO5S. The van der Waals surface area contributed by atoms with E-state index < -0.39 is 12.0 Å². The monoisotopic (exact) mass is 467 g/mol. The number of ether oxygens (including phenoxy) is 3. The number of rotatable bonds is 9. The highest BCUT2D eigenvalue weighted by molar-refractivity contribution is 9.10. The van der Waals surface area contributed by atoms with Gasteiger partial charge in [0.15, 0.2) is 11.5 Å². The molecule has 0 radical (unpaired) electrons. The normalized spacial score (nSPS) is 18.6. The topological polar surface area (TPSA) is 77.0 Å². The summed E-state index contributed by atoms with van der Waals surface area (Å²) in [6.45, 7) is 3.22. The van der Waals surface area contributed by atoms with Crippen molar-refractivity contribution in [1.82, 2.24) is 5.32 Å². The standard InChI is InChI=1S/C20H22BrNO5S/c1-2-25-17-5-3-4-6-18(17)27-10-9-26-16-8-7-13(21)11-14(16)19-22-15(12-28-19)20(23)24/h3-8,11,15,19,22H,2,9-10,12H2,1H3,(H,23,24). The first-order valence-electron chi connectivity index (χ1n) is 8.95. The summed E-state index contributed by atoms with van der Waals surface area (Å²) in [4.78, 5) is 11.2. The Hall–Kier alpha value is -1.90. The van der Waals surface area contributed by atoms with Crippen LogP contribution in [0.2, 0.25) is 0 Å². The van der Waals surface area contributed by atoms with Gasteiger partial charge < -0.3 is 19.3 Å². The molecular weight excluding hydrogens is 446 g/mol. The first-order chi connectivity index (χ1) is 13.6. The number of benzene rings is 2. The highest BCUT2D eigenvalue weighted by Crippen LogP contribution is 2.39. The average Bonchev–Trinajstić information content (AvgIpc) is 3.18. The molecule has 150 valence electrons. The summed E-state index contributed by atoms with van der Waals surface area (Å²) in [6, 6.07) is 12.7. The van der Waals surface area contributed by atoms with E-state index in [-0.39, 0.29) is 5.37 Å². The van der Waals surface area contributed by atoms with Crippen molar-refractivity contribution in [3.05, 3.63) is 52.5 Å². The molecule has 0 spiro atoms. The molecule has 0 bridgehead atoms. The summed E-state index contributed by atoms with van der Waals surface area (Å²) in [6.07, 6.45) is 0. The third kappa shape index (κ3) is 5.33. The SMILES string of the molecule is CCOc1ccccc1OCCOc1ccc(Br)cc1C1NC(C(=O)O)CS1. The van der Waals surface area contributed by atoms with Gasteiger partial charge in [0, 0.05) is 15.8 Å². The number of carbonyl (C=O) groups is 1. The average molecular weight is 468 g/mol. The van der Waals surface area contributed by atoms with Crippen LogP contribution in [0.15, 0.2) is 46.9 Å². The van der Waals surface area contributed by atoms with Crippen molar-refractivity contribution in [2.24, 2.45) is 0 Å². The molecule has 1 aliphatic rings. The van der Waals surface area contributed by atoms with Gasteiger partial charge in [0.1, 0.15) is 25.0 Å². The van der Waals surface area contributed by atoms with Gasteiger partial charge in [-0.15, -0.1) is 11.8 Å². The molecule has 0 aromatic heterocycles. The second-order valence-corrected chi connectivity index (χ2v) is 8.08. The number of hydrogen-bond acceptors (Lipinski definition) is 6. The minimum atomic E-state index is -0.839. The van der Waals surface area contributed by atoms with Crippen LogP contribution in [0.5, 0.6) is 17.2 Å². The van der Waals surface area contributed by atoms with Crippen LogP contribution in [-0.4, -0.2) is 42.7 Å². The molecule has 28 heavy (non-hydrogen) atoms. The van der Waals surface area contributed by atoms with Gasteiger partial charge in [0.05, 0.1) is 12.0 Å². The van der Waals surface area contributed by atoms with E-state index in [0.29, 0.717) is 42.8 Å². The Morgan fingerprint density at radius 3 is 2.46 bits per heavy atom. The van der Waals surface area contributed by atoms with Gasteiger partial charge in [-0.05, 0) is 37.3 Å². The van der Waals surface area contributed by atoms with Crippen LogP contribution < -0.4 is 19.5 Å². The maximum absolute atomic E-state index is 11.2. The van der Waals surface area contributed by atoms with E-state index in [0.717, 1.165) is 10.0 Å². The van der Waals surface area contributed by atoms with Crippen LogP contribution in [0.1, 0.15) is 17.9 Å². The first kappa shape index (κ1) is 20.8. The number of para-hydroxylation sites is 2. The maximum Gasteiger partial charge on any atom is 0.321 e. The Morgan fingerprint density at radius 1 is 1.14 bits per heavy atom. The van der Waals surface area contributed by atoms with Crippen LogP contribution in [-0.2, 0) is 4.79 Å². The van der Waals surface area contributed by atoms with Gasteiger partial charge in [-0.1, -0.05) is 28.1 Å². The van der Waals surface area contributed by atoms with Crippen molar-refractivity contribution < 1.29 is 24.1 Å². The fraction of sp³-hybridized carbons (Fsp3) is 0.350. The molecule has 2 unspecified atom stereocenters. The van der Waals surface area contributed by atoms with Crippen LogP contribution in [0.4, 0.5) is 0 Å². The van der Waals surface area contributed by atoms with E-state index in [1.54, 1.807) is 11.8 Å². The van der Waals surface area contributed by atoms with Crippen LogP contribution in [0.3, 0.4) is 0 Å². The van der Waals surface area contributed by atoms with Crippen molar-refractivity contribution in [3.63, 3.8) is 0 Å². The van der Waals surface area contributed by atoms with Gasteiger partial charge in [-0.2, -0.15) is 0 Å². The Kier molecular flexibility index (Phi) is 7.47. The summed E-state index contributed by atoms with van der Waals surface area (Å²) in [7, 11) is 0. The molecule has 8 heteroatoms. The molecule has 3 rings (SSSR count). The lowest BCUT2D eigenvalue weighted by atomic mass is 10.2. The van der Waals surface area contributed by atoms with Crippen LogP contribution >= 0.6 is 27.7 Å². The number of carboxylic acids is 1. The summed E-state index contributed by atoms with van der Waals surface area (Å²) in [5.74, 6) is 1.78. The Bertz CT molecular complexity index is 819. The fourth-order valence-electron chi connectivity index (χ4n) is 2.80. The summed E-state index contributed by atoms with van der Waals surface area (Å²) in [5.41, 5.74) is 0.915. The zero-order valence-corrected chi connectivity index (χ0v) is 17.8. The molecule has 6 nitrogen and oxygen atoms in total. The molecule has 1 aliphatic heterocycles. The summed E-state index contributed by atoms with van der Waals surface area (Å²) < 4.78 is 18.2. The molecule has 2 aromatic carbocycles. The van der Waals surface area contributed by atoms with Crippen molar-refractivity contribution in [1.29, 1.82) is 0 Å². The molecule has 1 fully saturated rings. The number of nitrogens with one attached hydrogen (secondary N) is 1. The highest BCUT2D eigenvalue weighted by atomic mass is 79.9. The summed E-state index contributed by atoms with van der Waals surface area (Å²) >= 11 is 5.03. The Balaban J connectivity index is 1.60. The van der Waals surface area contributed by atoms with E-state index in [1.165, 1.54) is 0 Å². The molecule has 0 saturated carbocycles. The smallest absolute Gasteiger partial charge is 0.321 e. The van der Waals surface area contributed by atoms with E-state index in [4.69, 9.17) is 14.2 Å². The van der Waals surface area contributed by atoms with E-state index in [1.807, 2.05) is 49.4 Å². The number of thioether (sulfide) groups is 1. The first-order valence-corrected chi connectivity index (χ1v) is 10.8. The van der Waals surface area contributed by atoms with E-state index in [2.05, 4.69) is 21.2 Å². The predicted molar refractivity (Wildman–Crippen MR) is 113 cm³/mol. The Labute approximate surface area is 176 Å². The van der Waals surface area contributed by atoms with Crippen molar-refractivity contribution in [3.8, 4) is 17.2 Å². The minimum Gasteiger partial charge on any atom is -0.490 e. The summed E-state index contributed by atoms with van der Waals surface area (Å²) in [5, 5.41) is 12.2. The van der Waals surface area contributed by atoms with Gasteiger partial charge in [0.25, 0.3) is 0 Å². The number of hydrogen-bond donors (Lipinski definition) is 2. The van der Waals surface area contributed by atoms with Crippen molar-refractivity contribution in [2.45, 2.75) is 18.3 Å². The predicted octanol–water partition coefficient (Wildman–Crippen LogP) is 4.09. The molecule has 1 saturated heterocycles. The van der Waals surface area contributed by atoms with Crippen molar-refractivity contribution >= 4 is 33.7 Å². The Morgan fingerprint density at radius 2 is 1.82 bits per heavy atom. The third-order valence-corrected chi connectivity index (χ3v) is 5.82. The third-order valence-electron chi connectivity index (χ3n) is 4.08. The van der Waals surface area contributed by atoms with Gasteiger partial charge >= 0.3 is 5.97 Å². The molecule has 0 amide bonds. The lowest BCUT2D eigenvalue weighted by Crippen LogP contribution is -2.33. The number of halogens is 1. The van der Waals surface area contributed by atoms with Crippen LogP contribution in [0.25, 0.3) is 0 Å². The molecule has 0 aliphatic carbocycles. The fourth-order valence-corrected chi connectivity index (χ4v) is 4.42. The second kappa shape index (κ2) is 10.0. The minimum absolute atomic E-state index is 0.131. The number of carboxylic acid groups (broad SMARTS) is 1.